The van der Waals surface area contributed by atoms with Crippen LogP contribution in [0, 0.1) is 10.8 Å². The lowest BCUT2D eigenvalue weighted by Gasteiger charge is -2.30. The Morgan fingerprint density at radius 2 is 1.65 bits per heavy atom. The van der Waals surface area contributed by atoms with Crippen molar-refractivity contribution < 1.29 is 4.74 Å². The smallest absolute Gasteiger partial charge is 0.119 e. The van der Waals surface area contributed by atoms with Crippen LogP contribution >= 0.6 is 0 Å². The van der Waals surface area contributed by atoms with Crippen molar-refractivity contribution in [2.24, 2.45) is 10.8 Å². The predicted molar refractivity (Wildman–Crippen MR) is 109 cm³/mol. The van der Waals surface area contributed by atoms with Gasteiger partial charge < -0.3 is 9.64 Å². The summed E-state index contributed by atoms with van der Waals surface area (Å²) in [6.45, 7) is 13.5. The van der Waals surface area contributed by atoms with E-state index in [4.69, 9.17) is 4.74 Å². The minimum absolute atomic E-state index is 0.352. The molecule has 2 unspecified atom stereocenters. The van der Waals surface area contributed by atoms with Crippen molar-refractivity contribution in [3.05, 3.63) is 48.1 Å². The summed E-state index contributed by atoms with van der Waals surface area (Å²) in [5, 5.41) is 0. The number of allylic oxidation sites excluding steroid dienone is 2. The number of anilines is 1. The fourth-order valence-electron chi connectivity index (χ4n) is 5.06. The van der Waals surface area contributed by atoms with Gasteiger partial charge in [0.15, 0.2) is 0 Å². The third-order valence-electron chi connectivity index (χ3n) is 6.67. The summed E-state index contributed by atoms with van der Waals surface area (Å²) >= 11 is 0. The molecule has 1 aromatic rings. The largest absolute Gasteiger partial charge is 0.494 e. The first-order chi connectivity index (χ1) is 12.5. The second-order valence-corrected chi connectivity index (χ2v) is 8.81. The van der Waals surface area contributed by atoms with Gasteiger partial charge in [-0.05, 0) is 49.6 Å². The third kappa shape index (κ3) is 3.18. The van der Waals surface area contributed by atoms with E-state index >= 15 is 0 Å². The zero-order valence-electron chi connectivity index (χ0n) is 16.5. The summed E-state index contributed by atoms with van der Waals surface area (Å²) in [7, 11) is 0. The zero-order chi connectivity index (χ0) is 18.2. The van der Waals surface area contributed by atoms with Gasteiger partial charge in [0.25, 0.3) is 0 Å². The number of rotatable bonds is 5. The standard InChI is InChI=1S/C23H32N2O/c1-4-26-21-12-10-20(11-13-21)25-17-22(2)15-24(16-23(22,3)18-25)14-19-8-6-5-7-9-19/h6,8-13H,4-5,7,14-18H2,1-3H3. The first kappa shape index (κ1) is 17.7. The summed E-state index contributed by atoms with van der Waals surface area (Å²) in [6, 6.07) is 8.64. The molecule has 26 heavy (non-hydrogen) atoms. The van der Waals surface area contributed by atoms with Crippen LogP contribution in [-0.2, 0) is 0 Å². The lowest BCUT2D eigenvalue weighted by atomic mass is 9.71. The second kappa shape index (κ2) is 6.77. The van der Waals surface area contributed by atoms with Gasteiger partial charge in [0.1, 0.15) is 5.75 Å². The molecule has 3 aliphatic rings. The summed E-state index contributed by atoms with van der Waals surface area (Å²) < 4.78 is 5.59. The van der Waals surface area contributed by atoms with Crippen LogP contribution in [0.15, 0.2) is 48.1 Å². The fraction of sp³-hybridized carbons (Fsp3) is 0.565. The van der Waals surface area contributed by atoms with E-state index in [1.165, 1.54) is 37.2 Å². The Kier molecular flexibility index (Phi) is 4.60. The number of fused-ring (bicyclic) bond motifs is 1. The topological polar surface area (TPSA) is 15.7 Å². The van der Waals surface area contributed by atoms with Crippen LogP contribution < -0.4 is 9.64 Å². The molecular weight excluding hydrogens is 320 g/mol. The Hall–Kier alpha value is -1.74. The highest BCUT2D eigenvalue weighted by molar-refractivity contribution is 5.51. The third-order valence-corrected chi connectivity index (χ3v) is 6.67. The lowest BCUT2D eigenvalue weighted by molar-refractivity contribution is 0.212. The van der Waals surface area contributed by atoms with Crippen molar-refractivity contribution in [3.8, 4) is 5.75 Å². The molecule has 1 aliphatic carbocycles. The van der Waals surface area contributed by atoms with E-state index in [0.29, 0.717) is 10.8 Å². The Labute approximate surface area is 158 Å². The Balaban J connectivity index is 1.43. The zero-order valence-corrected chi connectivity index (χ0v) is 16.5. The predicted octanol–water partition coefficient (Wildman–Crippen LogP) is 4.51. The number of hydrogen-bond acceptors (Lipinski definition) is 3. The summed E-state index contributed by atoms with van der Waals surface area (Å²) in [4.78, 5) is 5.25. The van der Waals surface area contributed by atoms with Crippen LogP contribution in [0.2, 0.25) is 0 Å². The highest BCUT2D eigenvalue weighted by Crippen LogP contribution is 2.52. The minimum Gasteiger partial charge on any atom is -0.494 e. The van der Waals surface area contributed by atoms with Crippen LogP contribution in [0.3, 0.4) is 0 Å². The minimum atomic E-state index is 0.352. The maximum absolute atomic E-state index is 5.59. The molecule has 0 radical (unpaired) electrons. The van der Waals surface area contributed by atoms with Gasteiger partial charge in [0.2, 0.25) is 0 Å². The van der Waals surface area contributed by atoms with Crippen molar-refractivity contribution in [2.75, 3.05) is 44.2 Å². The van der Waals surface area contributed by atoms with Gasteiger partial charge >= 0.3 is 0 Å². The van der Waals surface area contributed by atoms with Crippen LogP contribution in [0.5, 0.6) is 5.75 Å². The number of ether oxygens (including phenoxy) is 1. The number of hydrogen-bond donors (Lipinski definition) is 0. The molecule has 0 saturated carbocycles. The van der Waals surface area contributed by atoms with Crippen LogP contribution in [0.1, 0.15) is 33.6 Å². The molecule has 1 aromatic carbocycles. The first-order valence-corrected chi connectivity index (χ1v) is 10.1. The van der Waals surface area contributed by atoms with Gasteiger partial charge in [0.05, 0.1) is 6.61 Å². The van der Waals surface area contributed by atoms with Crippen LogP contribution in [0.4, 0.5) is 5.69 Å². The summed E-state index contributed by atoms with van der Waals surface area (Å²) in [6.07, 6.45) is 9.48. The van der Waals surface area contributed by atoms with Crippen LogP contribution in [0.25, 0.3) is 0 Å². The quantitative estimate of drug-likeness (QED) is 0.775. The average Bonchev–Trinajstić information content (AvgIpc) is 3.00. The highest BCUT2D eigenvalue weighted by atomic mass is 16.5. The summed E-state index contributed by atoms with van der Waals surface area (Å²) in [5.41, 5.74) is 3.54. The molecule has 2 aliphatic heterocycles. The van der Waals surface area contributed by atoms with Gasteiger partial charge in [0, 0.05) is 49.2 Å². The van der Waals surface area contributed by atoms with E-state index in [1.807, 2.05) is 6.92 Å². The lowest BCUT2D eigenvalue weighted by Crippen LogP contribution is -2.34. The number of likely N-dealkylation sites (tertiary alicyclic amines) is 1. The average molecular weight is 353 g/mol. The maximum Gasteiger partial charge on any atom is 0.119 e. The van der Waals surface area contributed by atoms with E-state index in [-0.39, 0.29) is 0 Å². The second-order valence-electron chi connectivity index (χ2n) is 8.81. The molecule has 2 atom stereocenters. The molecule has 2 saturated heterocycles. The van der Waals surface area contributed by atoms with Gasteiger partial charge in [-0.25, -0.2) is 0 Å². The molecule has 0 amide bonds. The molecule has 2 fully saturated rings. The van der Waals surface area contributed by atoms with Crippen molar-refractivity contribution in [1.82, 2.24) is 4.90 Å². The van der Waals surface area contributed by atoms with E-state index < -0.39 is 0 Å². The first-order valence-electron chi connectivity index (χ1n) is 10.1. The molecule has 0 bridgehead atoms. The molecule has 3 nitrogen and oxygen atoms in total. The highest BCUT2D eigenvalue weighted by Gasteiger charge is 2.57. The van der Waals surface area contributed by atoms with E-state index in [9.17, 15) is 0 Å². The molecule has 2 heterocycles. The number of nitrogens with zero attached hydrogens (tertiary/aromatic N) is 2. The van der Waals surface area contributed by atoms with E-state index in [0.717, 1.165) is 32.0 Å². The Morgan fingerprint density at radius 1 is 0.962 bits per heavy atom. The Bertz CT molecular complexity index is 687. The van der Waals surface area contributed by atoms with Crippen molar-refractivity contribution in [1.29, 1.82) is 0 Å². The molecule has 0 spiro atoms. The van der Waals surface area contributed by atoms with E-state index in [2.05, 4.69) is 66.1 Å². The molecule has 0 N–H and O–H groups in total. The van der Waals surface area contributed by atoms with Crippen molar-refractivity contribution in [2.45, 2.75) is 33.6 Å². The molecule has 0 aromatic heterocycles. The van der Waals surface area contributed by atoms with Crippen molar-refractivity contribution >= 4 is 5.69 Å². The fourth-order valence-corrected chi connectivity index (χ4v) is 5.06. The molecular formula is C23H32N2O. The van der Waals surface area contributed by atoms with Gasteiger partial charge in [-0.3, -0.25) is 4.90 Å². The monoisotopic (exact) mass is 352 g/mol. The normalized spacial score (nSPS) is 31.2. The van der Waals surface area contributed by atoms with Crippen LogP contribution in [-0.4, -0.2) is 44.2 Å². The number of benzene rings is 1. The SMILES string of the molecule is CCOc1ccc(N2CC3(C)CN(CC4=CCCC=C4)CC3(C)C2)cc1. The maximum atomic E-state index is 5.59. The Morgan fingerprint density at radius 3 is 2.23 bits per heavy atom. The molecule has 4 rings (SSSR count). The van der Waals surface area contributed by atoms with Gasteiger partial charge in [-0.15, -0.1) is 0 Å². The van der Waals surface area contributed by atoms with Gasteiger partial charge in [-0.1, -0.05) is 32.1 Å². The van der Waals surface area contributed by atoms with Crippen molar-refractivity contribution in [3.63, 3.8) is 0 Å². The summed E-state index contributed by atoms with van der Waals surface area (Å²) in [5.74, 6) is 0.966. The van der Waals surface area contributed by atoms with Gasteiger partial charge in [-0.2, -0.15) is 0 Å². The molecule has 140 valence electrons. The van der Waals surface area contributed by atoms with E-state index in [1.54, 1.807) is 0 Å². The molecule has 3 heteroatoms.